The molecule has 3 saturated heterocycles. The van der Waals surface area contributed by atoms with Gasteiger partial charge in [0.15, 0.2) is 12.6 Å². The summed E-state index contributed by atoms with van der Waals surface area (Å²) in [7, 11) is 0. The highest BCUT2D eigenvalue weighted by Crippen LogP contribution is 2.39. The van der Waals surface area contributed by atoms with Crippen LogP contribution in [-0.2, 0) is 23.7 Å². The summed E-state index contributed by atoms with van der Waals surface area (Å²) in [6.07, 6.45) is -22.3. The minimum absolute atomic E-state index is 0.777. The van der Waals surface area contributed by atoms with Crippen molar-refractivity contribution in [2.45, 2.75) is 85.5 Å². The van der Waals surface area contributed by atoms with E-state index in [4.69, 9.17) is 23.7 Å². The van der Waals surface area contributed by atoms with E-state index in [2.05, 4.69) is 0 Å². The van der Waals surface area contributed by atoms with Gasteiger partial charge in [0.2, 0.25) is 5.79 Å². The summed E-state index contributed by atoms with van der Waals surface area (Å²) < 4.78 is 27.0. The lowest BCUT2D eigenvalue weighted by atomic mass is 9.98. The number of rotatable bonds is 8. The first-order valence-electron chi connectivity index (χ1n) is 10.6. The van der Waals surface area contributed by atoms with Crippen LogP contribution in [0.1, 0.15) is 0 Å². The highest BCUT2D eigenvalue weighted by atomic mass is 16.8. The van der Waals surface area contributed by atoms with Crippen molar-refractivity contribution in [3.8, 4) is 0 Å². The van der Waals surface area contributed by atoms with Gasteiger partial charge in [-0.2, -0.15) is 0 Å². The SMILES string of the molecule is OC[C@H]1O[C@@](CO)(O[C@H]2O[C@H](CO)[C@@H](O)[C@H](O)[C@H]2O)[C@@H](OC2O[C@H](CO)[C@@H](O)[C@H](O)[C@H]2O)C1O. The lowest BCUT2D eigenvalue weighted by Gasteiger charge is -2.45. The summed E-state index contributed by atoms with van der Waals surface area (Å²) >= 11 is 0. The van der Waals surface area contributed by atoms with E-state index in [-0.39, 0.29) is 0 Å². The molecule has 0 bridgehead atoms. The Hall–Kier alpha value is -0.640. The molecule has 16 heteroatoms. The summed E-state index contributed by atoms with van der Waals surface area (Å²) in [6.45, 7) is -3.49. The third kappa shape index (κ3) is 4.96. The van der Waals surface area contributed by atoms with E-state index in [0.29, 0.717) is 0 Å². The molecule has 0 aromatic carbocycles. The average Bonchev–Trinajstić information content (AvgIpc) is 3.10. The predicted molar refractivity (Wildman–Crippen MR) is 101 cm³/mol. The Kier molecular flexibility index (Phi) is 9.18. The maximum atomic E-state index is 10.6. The van der Waals surface area contributed by atoms with Crippen molar-refractivity contribution >= 4 is 0 Å². The minimum atomic E-state index is -2.43. The monoisotopic (exact) mass is 504 g/mol. The fourth-order valence-electron chi connectivity index (χ4n) is 4.12. The van der Waals surface area contributed by atoms with E-state index >= 15 is 0 Å². The van der Waals surface area contributed by atoms with E-state index in [9.17, 15) is 56.2 Å². The van der Waals surface area contributed by atoms with E-state index < -0.39 is 112 Å². The Morgan fingerprint density at radius 2 is 1.03 bits per heavy atom. The van der Waals surface area contributed by atoms with Gasteiger partial charge in [-0.15, -0.1) is 0 Å². The third-order valence-electron chi connectivity index (χ3n) is 6.17. The number of ether oxygens (including phenoxy) is 5. The quantitative estimate of drug-likeness (QED) is 0.146. The molecule has 16 nitrogen and oxygen atoms in total. The zero-order valence-corrected chi connectivity index (χ0v) is 17.8. The number of aliphatic hydroxyl groups is 11. The molecule has 0 aromatic heterocycles. The first kappa shape index (κ1) is 27.9. The van der Waals surface area contributed by atoms with Gasteiger partial charge in [-0.05, 0) is 0 Å². The van der Waals surface area contributed by atoms with Gasteiger partial charge in [0.1, 0.15) is 73.8 Å². The van der Waals surface area contributed by atoms with Crippen LogP contribution in [0, 0.1) is 0 Å². The Morgan fingerprint density at radius 1 is 0.559 bits per heavy atom. The maximum absolute atomic E-state index is 10.6. The zero-order chi connectivity index (χ0) is 25.4. The van der Waals surface area contributed by atoms with E-state index in [1.807, 2.05) is 0 Å². The van der Waals surface area contributed by atoms with Crippen molar-refractivity contribution in [3.63, 3.8) is 0 Å². The van der Waals surface area contributed by atoms with Gasteiger partial charge in [-0.1, -0.05) is 0 Å². The molecule has 2 unspecified atom stereocenters. The molecule has 14 atom stereocenters. The standard InChI is InChI=1S/C18H32O16/c19-1-5-8(23)11(26)13(28)16(30-5)32-15-10(25)7(3-21)33-18(15,4-22)34-17-14(29)12(27)9(24)6(2-20)31-17/h5-17,19-29H,1-4H2/t5-,6-,7-,8-,9-,10?,11+,12+,13-,14-,15+,16?,17-,18+/m1/s1. The van der Waals surface area contributed by atoms with Crippen LogP contribution in [0.3, 0.4) is 0 Å². The highest BCUT2D eigenvalue weighted by Gasteiger charge is 2.61. The number of aliphatic hydroxyl groups excluding tert-OH is 11. The molecule has 0 aliphatic carbocycles. The van der Waals surface area contributed by atoms with Gasteiger partial charge in [-0.3, -0.25) is 0 Å². The van der Waals surface area contributed by atoms with Gasteiger partial charge in [-0.25, -0.2) is 0 Å². The molecule has 0 amide bonds. The van der Waals surface area contributed by atoms with Crippen molar-refractivity contribution in [1.82, 2.24) is 0 Å². The smallest absolute Gasteiger partial charge is 0.224 e. The molecule has 3 rings (SSSR count). The molecule has 0 aromatic rings. The fraction of sp³-hybridized carbons (Fsp3) is 1.00. The van der Waals surface area contributed by atoms with Crippen LogP contribution < -0.4 is 0 Å². The lowest BCUT2D eigenvalue weighted by molar-refractivity contribution is -0.400. The van der Waals surface area contributed by atoms with E-state index in [1.165, 1.54) is 0 Å². The normalized spacial score (nSPS) is 52.1. The van der Waals surface area contributed by atoms with Gasteiger partial charge in [0.05, 0.1) is 19.8 Å². The second-order valence-electron chi connectivity index (χ2n) is 8.37. The Labute approximate surface area is 192 Å². The van der Waals surface area contributed by atoms with E-state index in [1.54, 1.807) is 0 Å². The summed E-state index contributed by atoms with van der Waals surface area (Å²) in [6, 6.07) is 0. The first-order chi connectivity index (χ1) is 16.0. The Morgan fingerprint density at radius 3 is 1.50 bits per heavy atom. The lowest BCUT2D eigenvalue weighted by Crippen LogP contribution is -2.64. The summed E-state index contributed by atoms with van der Waals surface area (Å²) in [5.41, 5.74) is 0. The molecule has 200 valence electrons. The van der Waals surface area contributed by atoms with Crippen LogP contribution in [-0.4, -0.2) is 168 Å². The fourth-order valence-corrected chi connectivity index (χ4v) is 4.12. The van der Waals surface area contributed by atoms with Crippen molar-refractivity contribution < 1.29 is 79.9 Å². The molecule has 11 N–H and O–H groups in total. The molecule has 3 aliphatic rings. The van der Waals surface area contributed by atoms with Crippen LogP contribution in [0.4, 0.5) is 0 Å². The van der Waals surface area contributed by atoms with Crippen molar-refractivity contribution in [3.05, 3.63) is 0 Å². The molecular formula is C18H32O16. The number of hydrogen-bond donors (Lipinski definition) is 11. The van der Waals surface area contributed by atoms with Crippen LogP contribution in [0.15, 0.2) is 0 Å². The average molecular weight is 504 g/mol. The summed E-state index contributed by atoms with van der Waals surface area (Å²) in [5.74, 6) is -2.43. The van der Waals surface area contributed by atoms with Gasteiger partial charge >= 0.3 is 0 Å². The van der Waals surface area contributed by atoms with Crippen LogP contribution in [0.5, 0.6) is 0 Å². The van der Waals surface area contributed by atoms with Crippen molar-refractivity contribution in [2.24, 2.45) is 0 Å². The summed E-state index contributed by atoms with van der Waals surface area (Å²) in [5, 5.41) is 109. The van der Waals surface area contributed by atoms with Gasteiger partial charge in [0, 0.05) is 0 Å². The summed E-state index contributed by atoms with van der Waals surface area (Å²) in [4.78, 5) is 0. The second kappa shape index (κ2) is 11.2. The molecule has 3 aliphatic heterocycles. The third-order valence-corrected chi connectivity index (χ3v) is 6.17. The van der Waals surface area contributed by atoms with Crippen LogP contribution in [0.2, 0.25) is 0 Å². The highest BCUT2D eigenvalue weighted by molar-refractivity contribution is 5.01. The Bertz CT molecular complexity index is 651. The van der Waals surface area contributed by atoms with Crippen LogP contribution >= 0.6 is 0 Å². The maximum Gasteiger partial charge on any atom is 0.224 e. The minimum Gasteiger partial charge on any atom is -0.394 e. The van der Waals surface area contributed by atoms with Crippen molar-refractivity contribution in [1.29, 1.82) is 0 Å². The molecule has 3 fully saturated rings. The molecule has 0 spiro atoms. The molecule has 0 radical (unpaired) electrons. The van der Waals surface area contributed by atoms with Gasteiger partial charge in [0.25, 0.3) is 0 Å². The zero-order valence-electron chi connectivity index (χ0n) is 17.8. The van der Waals surface area contributed by atoms with E-state index in [0.717, 1.165) is 0 Å². The largest absolute Gasteiger partial charge is 0.394 e. The van der Waals surface area contributed by atoms with Gasteiger partial charge < -0.3 is 79.9 Å². The predicted octanol–water partition coefficient (Wildman–Crippen LogP) is -7.57. The topological polar surface area (TPSA) is 269 Å². The first-order valence-corrected chi connectivity index (χ1v) is 10.6. The molecular weight excluding hydrogens is 472 g/mol. The van der Waals surface area contributed by atoms with Crippen molar-refractivity contribution in [2.75, 3.05) is 26.4 Å². The molecule has 0 saturated carbocycles. The second-order valence-corrected chi connectivity index (χ2v) is 8.37. The molecule has 3 heterocycles. The number of hydrogen-bond acceptors (Lipinski definition) is 16. The van der Waals surface area contributed by atoms with Crippen LogP contribution in [0.25, 0.3) is 0 Å². The molecule has 34 heavy (non-hydrogen) atoms. The Balaban J connectivity index is 1.87.